The number of nitrogens with zero attached hydrogens (tertiary/aromatic N) is 4. The highest BCUT2D eigenvalue weighted by atomic mass is 16.5. The van der Waals surface area contributed by atoms with Crippen molar-refractivity contribution in [3.8, 4) is 0 Å². The molecule has 130 valence electrons. The second-order valence-electron chi connectivity index (χ2n) is 5.53. The lowest BCUT2D eigenvalue weighted by Crippen LogP contribution is -2.46. The van der Waals surface area contributed by atoms with Gasteiger partial charge >= 0.3 is 0 Å². The maximum Gasteiger partial charge on any atom is 0.223 e. The van der Waals surface area contributed by atoms with E-state index in [9.17, 15) is 0 Å². The smallest absolute Gasteiger partial charge is 0.223 e. The van der Waals surface area contributed by atoms with Crippen molar-refractivity contribution in [2.75, 3.05) is 40.5 Å². The molecular formula is C15H27N5O3. The Morgan fingerprint density at radius 2 is 2.17 bits per heavy atom. The maximum absolute atomic E-state index is 5.88. The van der Waals surface area contributed by atoms with Crippen LogP contribution in [0.3, 0.4) is 0 Å². The largest absolute Gasteiger partial charge is 0.385 e. The number of methoxy groups -OCH3 is 1. The number of hydrogen-bond acceptors (Lipinski definition) is 6. The predicted octanol–water partition coefficient (Wildman–Crippen LogP) is 0.971. The first kappa shape index (κ1) is 17.7. The average Bonchev–Trinajstić information content (AvgIpc) is 2.99. The van der Waals surface area contributed by atoms with Gasteiger partial charge in [-0.1, -0.05) is 5.16 Å². The van der Waals surface area contributed by atoms with Crippen LogP contribution in [0.5, 0.6) is 0 Å². The number of likely N-dealkylation sites (tertiary alicyclic amines) is 1. The van der Waals surface area contributed by atoms with E-state index in [0.717, 1.165) is 51.5 Å². The molecule has 0 amide bonds. The molecule has 0 unspecified atom stereocenters. The Labute approximate surface area is 137 Å². The van der Waals surface area contributed by atoms with Gasteiger partial charge in [0.15, 0.2) is 11.8 Å². The molecule has 0 spiro atoms. The van der Waals surface area contributed by atoms with Crippen molar-refractivity contribution in [3.63, 3.8) is 0 Å². The second-order valence-corrected chi connectivity index (χ2v) is 5.53. The topological polar surface area (TPSA) is 85.0 Å². The zero-order valence-corrected chi connectivity index (χ0v) is 14.2. The van der Waals surface area contributed by atoms with Crippen LogP contribution in [0.25, 0.3) is 0 Å². The van der Waals surface area contributed by atoms with E-state index in [2.05, 4.69) is 25.3 Å². The highest BCUT2D eigenvalue weighted by Crippen LogP contribution is 2.14. The van der Waals surface area contributed by atoms with Gasteiger partial charge in [0.05, 0.1) is 12.6 Å². The third-order valence-electron chi connectivity index (χ3n) is 3.77. The molecule has 1 aliphatic heterocycles. The van der Waals surface area contributed by atoms with Gasteiger partial charge in [-0.2, -0.15) is 4.98 Å². The Hall–Kier alpha value is -1.67. The van der Waals surface area contributed by atoms with Gasteiger partial charge < -0.3 is 24.2 Å². The van der Waals surface area contributed by atoms with Gasteiger partial charge in [0.25, 0.3) is 0 Å². The third-order valence-corrected chi connectivity index (χ3v) is 3.77. The fraction of sp³-hybridized carbons (Fsp3) is 0.800. The van der Waals surface area contributed by atoms with Gasteiger partial charge in [0, 0.05) is 47.4 Å². The summed E-state index contributed by atoms with van der Waals surface area (Å²) in [6.45, 7) is 5.67. The van der Waals surface area contributed by atoms with Gasteiger partial charge in [0.2, 0.25) is 5.89 Å². The summed E-state index contributed by atoms with van der Waals surface area (Å²) in [5, 5.41) is 7.15. The van der Waals surface area contributed by atoms with E-state index in [1.54, 1.807) is 21.1 Å². The average molecular weight is 325 g/mol. The van der Waals surface area contributed by atoms with Crippen LogP contribution in [0.1, 0.15) is 31.0 Å². The molecule has 1 aromatic heterocycles. The van der Waals surface area contributed by atoms with E-state index in [0.29, 0.717) is 24.4 Å². The number of piperidine rings is 1. The van der Waals surface area contributed by atoms with E-state index in [1.807, 2.05) is 0 Å². The fourth-order valence-electron chi connectivity index (χ4n) is 2.59. The van der Waals surface area contributed by atoms with Crippen molar-refractivity contribution < 1.29 is 14.0 Å². The molecule has 2 heterocycles. The van der Waals surface area contributed by atoms with Crippen molar-refractivity contribution in [2.24, 2.45) is 4.99 Å². The van der Waals surface area contributed by atoms with E-state index in [-0.39, 0.29) is 0 Å². The van der Waals surface area contributed by atoms with Crippen LogP contribution in [0.4, 0.5) is 0 Å². The quantitative estimate of drug-likeness (QED) is 0.454. The Kier molecular flexibility index (Phi) is 7.28. The minimum atomic E-state index is 0.334. The number of aliphatic imine (C=N–C) groups is 1. The van der Waals surface area contributed by atoms with Gasteiger partial charge in [-0.05, 0) is 19.3 Å². The van der Waals surface area contributed by atoms with Gasteiger partial charge in [0.1, 0.15) is 0 Å². The summed E-state index contributed by atoms with van der Waals surface area (Å²) >= 11 is 0. The standard InChI is InChI=1S/C15H27N5O3/c1-12-18-14(19-23-12)11-17-15(16-2)20-7-5-13(6-8-20)22-10-4-9-21-3/h13H,4-11H2,1-3H3,(H,16,17). The van der Waals surface area contributed by atoms with Crippen molar-refractivity contribution in [1.82, 2.24) is 20.4 Å². The van der Waals surface area contributed by atoms with E-state index in [4.69, 9.17) is 14.0 Å². The zero-order chi connectivity index (χ0) is 16.5. The molecule has 0 radical (unpaired) electrons. The molecule has 8 nitrogen and oxygen atoms in total. The first-order valence-electron chi connectivity index (χ1n) is 8.08. The van der Waals surface area contributed by atoms with Crippen LogP contribution in [0.2, 0.25) is 0 Å². The summed E-state index contributed by atoms with van der Waals surface area (Å²) in [4.78, 5) is 10.8. The van der Waals surface area contributed by atoms with Crippen molar-refractivity contribution >= 4 is 5.96 Å². The summed E-state index contributed by atoms with van der Waals surface area (Å²) in [5.74, 6) is 2.08. The molecule has 0 bridgehead atoms. The molecule has 23 heavy (non-hydrogen) atoms. The summed E-state index contributed by atoms with van der Waals surface area (Å²) in [5.41, 5.74) is 0. The Morgan fingerprint density at radius 1 is 1.39 bits per heavy atom. The highest BCUT2D eigenvalue weighted by Gasteiger charge is 2.22. The Morgan fingerprint density at radius 3 is 2.78 bits per heavy atom. The molecule has 1 fully saturated rings. The summed E-state index contributed by atoms with van der Waals surface area (Å²) in [7, 11) is 3.50. The van der Waals surface area contributed by atoms with Crippen LogP contribution < -0.4 is 5.32 Å². The first-order valence-corrected chi connectivity index (χ1v) is 8.08. The second kappa shape index (κ2) is 9.46. The number of hydrogen-bond donors (Lipinski definition) is 1. The van der Waals surface area contributed by atoms with Crippen LogP contribution in [-0.2, 0) is 16.0 Å². The van der Waals surface area contributed by atoms with E-state index < -0.39 is 0 Å². The summed E-state index contributed by atoms with van der Waals surface area (Å²) in [6.07, 6.45) is 3.30. The molecule has 1 aromatic rings. The molecule has 0 saturated carbocycles. The Bertz CT molecular complexity index is 483. The van der Waals surface area contributed by atoms with Crippen LogP contribution in [0.15, 0.2) is 9.52 Å². The zero-order valence-electron chi connectivity index (χ0n) is 14.2. The van der Waals surface area contributed by atoms with Crippen molar-refractivity contribution in [3.05, 3.63) is 11.7 Å². The highest BCUT2D eigenvalue weighted by molar-refractivity contribution is 5.79. The number of aryl methyl sites for hydroxylation is 1. The van der Waals surface area contributed by atoms with Gasteiger partial charge in [-0.3, -0.25) is 4.99 Å². The molecule has 1 aliphatic rings. The van der Waals surface area contributed by atoms with Crippen LogP contribution >= 0.6 is 0 Å². The van der Waals surface area contributed by atoms with Gasteiger partial charge in [-0.25, -0.2) is 0 Å². The lowest BCUT2D eigenvalue weighted by molar-refractivity contribution is 0.00989. The van der Waals surface area contributed by atoms with E-state index >= 15 is 0 Å². The number of guanidine groups is 1. The number of nitrogens with one attached hydrogen (secondary N) is 1. The van der Waals surface area contributed by atoms with Gasteiger partial charge in [-0.15, -0.1) is 0 Å². The Balaban J connectivity index is 1.70. The van der Waals surface area contributed by atoms with E-state index in [1.165, 1.54) is 0 Å². The van der Waals surface area contributed by atoms with Crippen LogP contribution in [0, 0.1) is 6.92 Å². The van der Waals surface area contributed by atoms with Crippen molar-refractivity contribution in [2.45, 2.75) is 38.8 Å². The SMILES string of the molecule is CN=C(NCc1noc(C)n1)N1CCC(OCCCOC)CC1. The predicted molar refractivity (Wildman–Crippen MR) is 86.3 cm³/mol. The molecule has 1 N–H and O–H groups in total. The third kappa shape index (κ3) is 5.80. The number of rotatable bonds is 7. The minimum Gasteiger partial charge on any atom is -0.385 e. The normalized spacial score (nSPS) is 16.8. The maximum atomic E-state index is 5.88. The lowest BCUT2D eigenvalue weighted by atomic mass is 10.1. The molecular weight excluding hydrogens is 298 g/mol. The molecule has 2 rings (SSSR count). The monoisotopic (exact) mass is 325 g/mol. The molecule has 1 saturated heterocycles. The lowest BCUT2D eigenvalue weighted by Gasteiger charge is -2.34. The summed E-state index contributed by atoms with van der Waals surface area (Å²) < 4.78 is 15.9. The number of aromatic nitrogens is 2. The molecule has 0 atom stereocenters. The minimum absolute atomic E-state index is 0.334. The van der Waals surface area contributed by atoms with Crippen LogP contribution in [-0.4, -0.2) is 67.6 Å². The number of ether oxygens (including phenoxy) is 2. The van der Waals surface area contributed by atoms with Crippen molar-refractivity contribution in [1.29, 1.82) is 0 Å². The molecule has 8 heteroatoms. The molecule has 0 aliphatic carbocycles. The first-order chi connectivity index (χ1) is 11.2. The molecule has 0 aromatic carbocycles. The summed E-state index contributed by atoms with van der Waals surface area (Å²) in [6, 6.07) is 0. The fourth-order valence-corrected chi connectivity index (χ4v) is 2.59.